The van der Waals surface area contributed by atoms with Crippen molar-refractivity contribution in [1.29, 1.82) is 0 Å². The summed E-state index contributed by atoms with van der Waals surface area (Å²) in [5.41, 5.74) is 0.782. The van der Waals surface area contributed by atoms with Gasteiger partial charge in [0.15, 0.2) is 0 Å². The van der Waals surface area contributed by atoms with E-state index in [2.05, 4.69) is 4.72 Å². The van der Waals surface area contributed by atoms with Crippen molar-refractivity contribution in [3.05, 3.63) is 65.2 Å². The molecule has 0 aromatic heterocycles. The van der Waals surface area contributed by atoms with Crippen LogP contribution in [0.4, 0.5) is 13.2 Å². The van der Waals surface area contributed by atoms with Gasteiger partial charge < -0.3 is 0 Å². The van der Waals surface area contributed by atoms with E-state index in [1.807, 2.05) is 31.2 Å². The lowest BCUT2D eigenvalue weighted by Gasteiger charge is -2.14. The molecule has 0 radical (unpaired) electrons. The van der Waals surface area contributed by atoms with Gasteiger partial charge in [-0.25, -0.2) is 13.1 Å². The Balaban J connectivity index is 2.16. The van der Waals surface area contributed by atoms with E-state index in [9.17, 15) is 21.6 Å². The van der Waals surface area contributed by atoms with Crippen LogP contribution in [0.25, 0.3) is 0 Å². The second kappa shape index (κ2) is 6.72. The standard InChI is InChI=1S/C16H16F3NO2S/c1-12-6-2-3-7-13(12)10-11-20-23(21,22)15-9-5-4-8-14(15)16(17,18)19/h2-9,20H,10-11H2,1H3. The fraction of sp³-hybridized carbons (Fsp3) is 0.250. The van der Waals surface area contributed by atoms with Gasteiger partial charge in [-0.2, -0.15) is 13.2 Å². The molecule has 0 spiro atoms. The molecule has 0 aliphatic rings. The maximum Gasteiger partial charge on any atom is 0.417 e. The van der Waals surface area contributed by atoms with E-state index in [4.69, 9.17) is 0 Å². The minimum absolute atomic E-state index is 0.0272. The lowest BCUT2D eigenvalue weighted by atomic mass is 10.1. The molecule has 23 heavy (non-hydrogen) atoms. The van der Waals surface area contributed by atoms with E-state index >= 15 is 0 Å². The molecule has 3 nitrogen and oxygen atoms in total. The Morgan fingerprint density at radius 1 is 1.00 bits per heavy atom. The van der Waals surface area contributed by atoms with Crippen LogP contribution in [0.1, 0.15) is 16.7 Å². The number of halogens is 3. The van der Waals surface area contributed by atoms with Crippen molar-refractivity contribution in [3.8, 4) is 0 Å². The Morgan fingerprint density at radius 2 is 1.61 bits per heavy atom. The van der Waals surface area contributed by atoms with Crippen molar-refractivity contribution < 1.29 is 21.6 Å². The fourth-order valence-electron chi connectivity index (χ4n) is 2.22. The van der Waals surface area contributed by atoms with Gasteiger partial charge in [0.2, 0.25) is 10.0 Å². The molecule has 0 aliphatic heterocycles. The molecule has 124 valence electrons. The van der Waals surface area contributed by atoms with Gasteiger partial charge >= 0.3 is 6.18 Å². The Labute approximate surface area is 133 Å². The summed E-state index contributed by atoms with van der Waals surface area (Å²) in [4.78, 5) is -0.753. The highest BCUT2D eigenvalue weighted by molar-refractivity contribution is 7.89. The van der Waals surface area contributed by atoms with Crippen LogP contribution in [-0.2, 0) is 22.6 Å². The predicted octanol–water partition coefficient (Wildman–Crippen LogP) is 3.53. The molecule has 0 unspecified atom stereocenters. The number of hydrogen-bond acceptors (Lipinski definition) is 2. The lowest BCUT2D eigenvalue weighted by molar-refractivity contribution is -0.139. The van der Waals surface area contributed by atoms with Crippen molar-refractivity contribution in [1.82, 2.24) is 4.72 Å². The molecular formula is C16H16F3NO2S. The summed E-state index contributed by atoms with van der Waals surface area (Å²) in [6, 6.07) is 11.6. The third kappa shape index (κ3) is 4.33. The molecule has 0 saturated carbocycles. The molecule has 2 aromatic rings. The van der Waals surface area contributed by atoms with Crippen LogP contribution >= 0.6 is 0 Å². The Kier molecular flexibility index (Phi) is 5.11. The Bertz CT molecular complexity index is 786. The second-order valence-corrected chi connectivity index (χ2v) is 6.80. The van der Waals surface area contributed by atoms with Gasteiger partial charge in [-0.1, -0.05) is 36.4 Å². The fourth-order valence-corrected chi connectivity index (χ4v) is 3.48. The summed E-state index contributed by atoms with van der Waals surface area (Å²) < 4.78 is 65.3. The number of alkyl halides is 3. The Hall–Kier alpha value is -1.86. The first-order valence-electron chi connectivity index (χ1n) is 6.92. The maximum atomic E-state index is 12.9. The van der Waals surface area contributed by atoms with Gasteiger partial charge in [0.1, 0.15) is 0 Å². The van der Waals surface area contributed by atoms with Gasteiger partial charge in [0.05, 0.1) is 10.5 Å². The molecule has 0 atom stereocenters. The van der Waals surface area contributed by atoms with Crippen LogP contribution in [0.3, 0.4) is 0 Å². The lowest BCUT2D eigenvalue weighted by Crippen LogP contribution is -2.28. The van der Waals surface area contributed by atoms with E-state index in [0.717, 1.165) is 29.3 Å². The topological polar surface area (TPSA) is 46.2 Å². The molecule has 2 rings (SSSR count). The van der Waals surface area contributed by atoms with Crippen LogP contribution in [0.15, 0.2) is 53.4 Å². The van der Waals surface area contributed by atoms with E-state index in [-0.39, 0.29) is 6.54 Å². The van der Waals surface area contributed by atoms with Crippen LogP contribution in [-0.4, -0.2) is 15.0 Å². The zero-order valence-corrected chi connectivity index (χ0v) is 13.2. The van der Waals surface area contributed by atoms with Crippen LogP contribution in [0.5, 0.6) is 0 Å². The molecule has 0 aliphatic carbocycles. The van der Waals surface area contributed by atoms with E-state index in [0.29, 0.717) is 6.42 Å². The predicted molar refractivity (Wildman–Crippen MR) is 81.5 cm³/mol. The number of benzene rings is 2. The molecule has 7 heteroatoms. The summed E-state index contributed by atoms with van der Waals surface area (Å²) in [6.45, 7) is 1.92. The first kappa shape index (κ1) is 17.5. The quantitative estimate of drug-likeness (QED) is 0.903. The van der Waals surface area contributed by atoms with Crippen molar-refractivity contribution in [2.45, 2.75) is 24.4 Å². The van der Waals surface area contributed by atoms with Gasteiger partial charge in [-0.3, -0.25) is 0 Å². The molecular weight excluding hydrogens is 327 g/mol. The normalized spacial score (nSPS) is 12.3. The molecule has 0 bridgehead atoms. The zero-order valence-electron chi connectivity index (χ0n) is 12.4. The number of hydrogen-bond donors (Lipinski definition) is 1. The third-order valence-corrected chi connectivity index (χ3v) is 4.95. The summed E-state index contributed by atoms with van der Waals surface area (Å²) >= 11 is 0. The minimum Gasteiger partial charge on any atom is -0.211 e. The monoisotopic (exact) mass is 343 g/mol. The van der Waals surface area contributed by atoms with Crippen molar-refractivity contribution in [2.24, 2.45) is 0 Å². The van der Waals surface area contributed by atoms with Gasteiger partial charge in [-0.05, 0) is 36.6 Å². The minimum atomic E-state index is -4.72. The van der Waals surface area contributed by atoms with E-state index < -0.39 is 26.7 Å². The first-order chi connectivity index (χ1) is 10.7. The zero-order chi connectivity index (χ0) is 17.1. The first-order valence-corrected chi connectivity index (χ1v) is 8.40. The summed E-state index contributed by atoms with van der Waals surface area (Å²) in [7, 11) is -4.23. The average Bonchev–Trinajstić information content (AvgIpc) is 2.48. The van der Waals surface area contributed by atoms with Gasteiger partial charge in [0.25, 0.3) is 0 Å². The second-order valence-electron chi connectivity index (χ2n) is 5.07. The molecule has 2 aromatic carbocycles. The molecule has 1 N–H and O–H groups in total. The molecule has 0 amide bonds. The van der Waals surface area contributed by atoms with E-state index in [1.54, 1.807) is 0 Å². The van der Waals surface area contributed by atoms with E-state index in [1.165, 1.54) is 6.07 Å². The number of sulfonamides is 1. The van der Waals surface area contributed by atoms with Crippen molar-refractivity contribution >= 4 is 10.0 Å². The van der Waals surface area contributed by atoms with Crippen molar-refractivity contribution in [2.75, 3.05) is 6.54 Å². The van der Waals surface area contributed by atoms with Gasteiger partial charge in [0, 0.05) is 6.54 Å². The summed E-state index contributed by atoms with van der Waals surface area (Å²) in [5.74, 6) is 0. The summed E-state index contributed by atoms with van der Waals surface area (Å²) in [6.07, 6.45) is -4.32. The van der Waals surface area contributed by atoms with Gasteiger partial charge in [-0.15, -0.1) is 0 Å². The molecule has 0 fully saturated rings. The van der Waals surface area contributed by atoms with Crippen LogP contribution < -0.4 is 4.72 Å². The largest absolute Gasteiger partial charge is 0.417 e. The SMILES string of the molecule is Cc1ccccc1CCNS(=O)(=O)c1ccccc1C(F)(F)F. The maximum absolute atomic E-state index is 12.9. The molecule has 0 saturated heterocycles. The number of aryl methyl sites for hydroxylation is 1. The van der Waals surface area contributed by atoms with Crippen molar-refractivity contribution in [3.63, 3.8) is 0 Å². The number of nitrogens with one attached hydrogen (secondary N) is 1. The Morgan fingerprint density at radius 3 is 2.26 bits per heavy atom. The third-order valence-electron chi connectivity index (χ3n) is 3.43. The highest BCUT2D eigenvalue weighted by atomic mass is 32.2. The summed E-state index contributed by atoms with van der Waals surface area (Å²) in [5, 5.41) is 0. The highest BCUT2D eigenvalue weighted by Crippen LogP contribution is 2.33. The smallest absolute Gasteiger partial charge is 0.211 e. The van der Waals surface area contributed by atoms with Crippen LogP contribution in [0.2, 0.25) is 0 Å². The average molecular weight is 343 g/mol. The highest BCUT2D eigenvalue weighted by Gasteiger charge is 2.36. The van der Waals surface area contributed by atoms with Crippen LogP contribution in [0, 0.1) is 6.92 Å². The molecule has 0 heterocycles. The number of rotatable bonds is 5.